The van der Waals surface area contributed by atoms with E-state index in [1.54, 1.807) is 20.3 Å². The number of carbonyl (C=O) groups excluding carboxylic acids is 2. The molecular formula is C16H14O4. The Hall–Kier alpha value is -2.20. The van der Waals surface area contributed by atoms with Crippen molar-refractivity contribution in [3.05, 3.63) is 46.2 Å². The van der Waals surface area contributed by atoms with Crippen LogP contribution in [0, 0.1) is 0 Å². The van der Waals surface area contributed by atoms with Crippen LogP contribution >= 0.6 is 0 Å². The zero-order chi connectivity index (χ0) is 14.4. The van der Waals surface area contributed by atoms with Crippen molar-refractivity contribution in [3.8, 4) is 0 Å². The molecule has 0 fully saturated rings. The Balaban J connectivity index is 2.39. The minimum Gasteiger partial charge on any atom is -0.464 e. The topological polar surface area (TPSA) is 52.6 Å². The second kappa shape index (κ2) is 4.42. The van der Waals surface area contributed by atoms with Gasteiger partial charge >= 0.3 is 0 Å². The monoisotopic (exact) mass is 270 g/mol. The normalized spacial score (nSPS) is 16.9. The first-order valence-corrected chi connectivity index (χ1v) is 6.35. The third kappa shape index (κ3) is 1.58. The summed E-state index contributed by atoms with van der Waals surface area (Å²) in [5.41, 5.74) is 4.09. The van der Waals surface area contributed by atoms with Gasteiger partial charge in [0.2, 0.25) is 11.6 Å². The van der Waals surface area contributed by atoms with Crippen molar-refractivity contribution in [3.63, 3.8) is 0 Å². The number of Topliss-reactive ketones (excluding diaryl/α,β-unsaturated/α-hetero) is 2. The van der Waals surface area contributed by atoms with E-state index >= 15 is 0 Å². The van der Waals surface area contributed by atoms with Gasteiger partial charge in [-0.25, -0.2) is 0 Å². The molecule has 4 heteroatoms. The predicted molar refractivity (Wildman–Crippen MR) is 73.8 cm³/mol. The molecule has 0 unspecified atom stereocenters. The molecule has 102 valence electrons. The van der Waals surface area contributed by atoms with E-state index in [0.29, 0.717) is 22.5 Å². The van der Waals surface area contributed by atoms with Crippen molar-refractivity contribution in [1.29, 1.82) is 0 Å². The number of hydrogen-bond donors (Lipinski definition) is 0. The van der Waals surface area contributed by atoms with Crippen LogP contribution in [0.1, 0.15) is 40.9 Å². The van der Waals surface area contributed by atoms with E-state index < -0.39 is 11.6 Å². The van der Waals surface area contributed by atoms with Crippen molar-refractivity contribution in [2.24, 2.45) is 0 Å². The largest absolute Gasteiger partial charge is 0.464 e. The van der Waals surface area contributed by atoms with Crippen LogP contribution < -0.4 is 0 Å². The standard InChI is InChI=1S/C16H14O4/c1-8-6-20-16-9(2)14(17)15(18)12-10(7-19-3)4-5-11(8)13(12)16/h4-6H,7H2,1-3H3. The summed E-state index contributed by atoms with van der Waals surface area (Å²) >= 11 is 0. The lowest BCUT2D eigenvalue weighted by molar-refractivity contribution is -0.111. The van der Waals surface area contributed by atoms with Gasteiger partial charge in [-0.05, 0) is 30.5 Å². The molecule has 1 aromatic rings. The Morgan fingerprint density at radius 2 is 1.85 bits per heavy atom. The molecule has 0 saturated carbocycles. The minimum atomic E-state index is -0.505. The van der Waals surface area contributed by atoms with Crippen molar-refractivity contribution in [2.75, 3.05) is 7.11 Å². The number of hydrogen-bond acceptors (Lipinski definition) is 4. The summed E-state index contributed by atoms with van der Waals surface area (Å²) in [7, 11) is 1.56. The molecule has 2 aliphatic rings. The Morgan fingerprint density at radius 1 is 1.10 bits per heavy atom. The number of ketones is 2. The number of methoxy groups -OCH3 is 1. The van der Waals surface area contributed by atoms with E-state index in [1.165, 1.54) is 0 Å². The van der Waals surface area contributed by atoms with Crippen LogP contribution in [0.5, 0.6) is 0 Å². The third-order valence-corrected chi connectivity index (χ3v) is 3.71. The molecule has 0 aromatic heterocycles. The molecule has 0 spiro atoms. The molecule has 1 aromatic carbocycles. The van der Waals surface area contributed by atoms with E-state index in [2.05, 4.69) is 0 Å². The number of rotatable bonds is 2. The summed E-state index contributed by atoms with van der Waals surface area (Å²) in [6, 6.07) is 3.78. The van der Waals surface area contributed by atoms with Crippen molar-refractivity contribution >= 4 is 22.9 Å². The summed E-state index contributed by atoms with van der Waals surface area (Å²) in [5, 5.41) is 0. The minimum absolute atomic E-state index is 0.288. The van der Waals surface area contributed by atoms with Crippen LogP contribution in [0.15, 0.2) is 24.0 Å². The van der Waals surface area contributed by atoms with Gasteiger partial charge < -0.3 is 9.47 Å². The fourth-order valence-electron chi connectivity index (χ4n) is 2.68. The lowest BCUT2D eigenvalue weighted by atomic mass is 9.81. The van der Waals surface area contributed by atoms with E-state index in [4.69, 9.17) is 9.47 Å². The number of carbonyl (C=O) groups is 2. The highest BCUT2D eigenvalue weighted by Gasteiger charge is 2.36. The van der Waals surface area contributed by atoms with E-state index in [9.17, 15) is 9.59 Å². The zero-order valence-electron chi connectivity index (χ0n) is 11.6. The lowest BCUT2D eigenvalue weighted by Crippen LogP contribution is -2.27. The maximum atomic E-state index is 12.4. The van der Waals surface area contributed by atoms with Crippen LogP contribution in [-0.4, -0.2) is 18.7 Å². The molecule has 0 saturated heterocycles. The molecule has 0 N–H and O–H groups in total. The van der Waals surface area contributed by atoms with Crippen LogP contribution in [0.4, 0.5) is 0 Å². The van der Waals surface area contributed by atoms with Crippen LogP contribution in [0.2, 0.25) is 0 Å². The summed E-state index contributed by atoms with van der Waals surface area (Å²) in [6.45, 7) is 3.83. The molecule has 4 nitrogen and oxygen atoms in total. The maximum Gasteiger partial charge on any atom is 0.234 e. The zero-order valence-corrected chi connectivity index (χ0v) is 11.6. The molecule has 1 aliphatic heterocycles. The van der Waals surface area contributed by atoms with Crippen molar-refractivity contribution in [1.82, 2.24) is 0 Å². The van der Waals surface area contributed by atoms with Gasteiger partial charge in [-0.2, -0.15) is 0 Å². The Kier molecular flexibility index (Phi) is 2.83. The fraction of sp³-hybridized carbons (Fsp3) is 0.250. The first-order chi connectivity index (χ1) is 9.56. The molecule has 0 atom stereocenters. The van der Waals surface area contributed by atoms with E-state index in [1.807, 2.05) is 19.1 Å². The van der Waals surface area contributed by atoms with Gasteiger partial charge in [0, 0.05) is 23.8 Å². The second-order valence-corrected chi connectivity index (χ2v) is 4.99. The summed E-state index contributed by atoms with van der Waals surface area (Å²) < 4.78 is 10.7. The first-order valence-electron chi connectivity index (χ1n) is 6.35. The van der Waals surface area contributed by atoms with Crippen LogP contribution in [0.3, 0.4) is 0 Å². The van der Waals surface area contributed by atoms with E-state index in [-0.39, 0.29) is 6.61 Å². The van der Waals surface area contributed by atoms with Gasteiger partial charge in [0.05, 0.1) is 12.9 Å². The highest BCUT2D eigenvalue weighted by Crippen LogP contribution is 2.40. The number of benzene rings is 1. The van der Waals surface area contributed by atoms with Gasteiger partial charge in [0.25, 0.3) is 0 Å². The predicted octanol–water partition coefficient (Wildman–Crippen LogP) is 2.72. The summed E-state index contributed by atoms with van der Waals surface area (Å²) in [6.07, 6.45) is 1.62. The summed E-state index contributed by atoms with van der Waals surface area (Å²) in [5.74, 6) is -0.494. The van der Waals surface area contributed by atoms with Gasteiger partial charge in [-0.1, -0.05) is 12.1 Å². The average Bonchev–Trinajstić information content (AvgIpc) is 2.44. The molecular weight excluding hydrogens is 256 g/mol. The van der Waals surface area contributed by atoms with Crippen molar-refractivity contribution in [2.45, 2.75) is 20.5 Å². The smallest absolute Gasteiger partial charge is 0.234 e. The quantitative estimate of drug-likeness (QED) is 0.775. The number of allylic oxidation sites excluding steroid dienone is 2. The first kappa shape index (κ1) is 12.8. The molecule has 0 radical (unpaired) electrons. The molecule has 3 rings (SSSR count). The average molecular weight is 270 g/mol. The Morgan fingerprint density at radius 3 is 2.55 bits per heavy atom. The van der Waals surface area contributed by atoms with Crippen LogP contribution in [0.25, 0.3) is 11.3 Å². The summed E-state index contributed by atoms with van der Waals surface area (Å²) in [4.78, 5) is 24.4. The lowest BCUT2D eigenvalue weighted by Gasteiger charge is -2.27. The second-order valence-electron chi connectivity index (χ2n) is 4.99. The van der Waals surface area contributed by atoms with Crippen LogP contribution in [-0.2, 0) is 20.9 Å². The highest BCUT2D eigenvalue weighted by molar-refractivity contribution is 6.52. The molecule has 1 heterocycles. The maximum absolute atomic E-state index is 12.4. The highest BCUT2D eigenvalue weighted by atomic mass is 16.5. The molecule has 1 aliphatic carbocycles. The number of ether oxygens (including phenoxy) is 2. The SMILES string of the molecule is COCc1ccc2c3c1C(=O)C(=O)C(C)=C3OC=C2C. The van der Waals surface area contributed by atoms with Gasteiger partial charge in [-0.3, -0.25) is 9.59 Å². The van der Waals surface area contributed by atoms with Crippen molar-refractivity contribution < 1.29 is 19.1 Å². The third-order valence-electron chi connectivity index (χ3n) is 3.71. The van der Waals surface area contributed by atoms with Gasteiger partial charge in [-0.15, -0.1) is 0 Å². The fourth-order valence-corrected chi connectivity index (χ4v) is 2.68. The van der Waals surface area contributed by atoms with E-state index in [0.717, 1.165) is 16.7 Å². The molecule has 20 heavy (non-hydrogen) atoms. The Labute approximate surface area is 116 Å². The van der Waals surface area contributed by atoms with Gasteiger partial charge in [0.1, 0.15) is 5.76 Å². The molecule has 0 bridgehead atoms. The molecule has 0 amide bonds. The Bertz CT molecular complexity index is 707. The van der Waals surface area contributed by atoms with Gasteiger partial charge in [0.15, 0.2) is 0 Å².